The Balaban J connectivity index is 1.91. The van der Waals surface area contributed by atoms with Crippen LogP contribution in [0.3, 0.4) is 0 Å². The summed E-state index contributed by atoms with van der Waals surface area (Å²) in [6, 6.07) is 4.25. The fourth-order valence-corrected chi connectivity index (χ4v) is 4.38. The second-order valence-electron chi connectivity index (χ2n) is 8.73. The molecule has 1 unspecified atom stereocenters. The van der Waals surface area contributed by atoms with Crippen LogP contribution in [0.2, 0.25) is 0 Å². The van der Waals surface area contributed by atoms with Gasteiger partial charge in [0.15, 0.2) is 5.82 Å². The molecule has 188 valence electrons. The molecule has 2 aromatic rings. The number of nitrogens with two attached hydrogens (primary N) is 1. The number of fused-ring (bicyclic) bond motifs is 3. The number of benzene rings is 1. The van der Waals surface area contributed by atoms with E-state index in [9.17, 15) is 13.2 Å². The summed E-state index contributed by atoms with van der Waals surface area (Å²) in [4.78, 5) is 0. The van der Waals surface area contributed by atoms with Crippen molar-refractivity contribution in [2.24, 2.45) is 11.7 Å². The van der Waals surface area contributed by atoms with Gasteiger partial charge in [-0.3, -0.25) is 0 Å². The van der Waals surface area contributed by atoms with Gasteiger partial charge in [0.2, 0.25) is 0 Å². The molecule has 9 heteroatoms. The van der Waals surface area contributed by atoms with Gasteiger partial charge in [-0.15, -0.1) is 23.4 Å². The summed E-state index contributed by atoms with van der Waals surface area (Å²) in [5.74, 6) is 0.953. The number of unbranched alkanes of at least 4 members (excludes halogenated alkanes) is 2. The van der Waals surface area contributed by atoms with E-state index in [4.69, 9.17) is 10.5 Å². The maximum atomic E-state index is 12.7. The molecule has 34 heavy (non-hydrogen) atoms. The van der Waals surface area contributed by atoms with Crippen LogP contribution in [0.15, 0.2) is 18.2 Å². The van der Waals surface area contributed by atoms with Gasteiger partial charge < -0.3 is 20.5 Å². The molecule has 0 saturated heterocycles. The van der Waals surface area contributed by atoms with Crippen molar-refractivity contribution in [3.63, 3.8) is 0 Å². The lowest BCUT2D eigenvalue weighted by molar-refractivity contribution is -0.274. The van der Waals surface area contributed by atoms with Crippen molar-refractivity contribution in [2.45, 2.75) is 78.3 Å². The van der Waals surface area contributed by atoms with Crippen molar-refractivity contribution in [2.75, 3.05) is 18.5 Å². The van der Waals surface area contributed by atoms with Gasteiger partial charge in [0.25, 0.3) is 0 Å². The van der Waals surface area contributed by atoms with E-state index in [1.807, 2.05) is 0 Å². The van der Waals surface area contributed by atoms with E-state index in [1.165, 1.54) is 37.8 Å². The average molecular weight is 481 g/mol. The minimum atomic E-state index is -4.76. The van der Waals surface area contributed by atoms with Crippen LogP contribution in [0.25, 0.3) is 11.3 Å². The third-order valence-electron chi connectivity index (χ3n) is 6.28. The van der Waals surface area contributed by atoms with Crippen LogP contribution < -0.4 is 15.8 Å². The predicted octanol–water partition coefficient (Wildman–Crippen LogP) is 5.98. The van der Waals surface area contributed by atoms with Crippen molar-refractivity contribution in [3.8, 4) is 17.0 Å². The molecule has 3 N–H and O–H groups in total. The Morgan fingerprint density at radius 1 is 1.21 bits per heavy atom. The number of hydrogen-bond donors (Lipinski definition) is 2. The molecule has 0 spiro atoms. The van der Waals surface area contributed by atoms with E-state index in [1.54, 1.807) is 6.07 Å². The van der Waals surface area contributed by atoms with Crippen molar-refractivity contribution in [3.05, 3.63) is 34.9 Å². The molecule has 0 saturated carbocycles. The summed E-state index contributed by atoms with van der Waals surface area (Å²) < 4.78 is 47.9. The van der Waals surface area contributed by atoms with Crippen LogP contribution in [0.5, 0.6) is 5.75 Å². The Hall–Kier alpha value is -2.39. The van der Waals surface area contributed by atoms with Crippen LogP contribution in [-0.2, 0) is 24.3 Å². The topological polar surface area (TPSA) is 82.3 Å². The van der Waals surface area contributed by atoms with Gasteiger partial charge in [-0.25, -0.2) is 0 Å². The zero-order valence-corrected chi connectivity index (χ0v) is 20.0. The lowest BCUT2D eigenvalue weighted by atomic mass is 9.95. The number of halogens is 3. The smallest absolute Gasteiger partial charge is 0.406 e. The molecular weight excluding hydrogens is 445 g/mol. The number of ether oxygens (including phenoxy) is 2. The minimum absolute atomic E-state index is 0.166. The summed E-state index contributed by atoms with van der Waals surface area (Å²) in [6.07, 6.45) is 2.59. The SMILES string of the molecule is CCCCCC(CC)CNc1nnc2c(c1CN)CCCOCc1cc(OC(F)(F)F)ccc1-2. The van der Waals surface area contributed by atoms with Crippen LogP contribution >= 0.6 is 0 Å². The highest BCUT2D eigenvalue weighted by Crippen LogP contribution is 2.35. The molecule has 0 bridgehead atoms. The first kappa shape index (κ1) is 26.2. The average Bonchev–Trinajstić information content (AvgIpc) is 2.88. The number of aromatic nitrogens is 2. The van der Waals surface area contributed by atoms with E-state index in [0.29, 0.717) is 41.6 Å². The lowest BCUT2D eigenvalue weighted by Crippen LogP contribution is -2.19. The van der Waals surface area contributed by atoms with E-state index in [2.05, 4.69) is 34.1 Å². The number of hydrogen-bond acceptors (Lipinski definition) is 6. The van der Waals surface area contributed by atoms with Crippen LogP contribution in [0.1, 0.15) is 69.1 Å². The molecular formula is C25H35F3N4O2. The minimum Gasteiger partial charge on any atom is -0.406 e. The van der Waals surface area contributed by atoms with Gasteiger partial charge in [-0.2, -0.15) is 0 Å². The Morgan fingerprint density at radius 2 is 2.03 bits per heavy atom. The molecule has 3 rings (SSSR count). The highest BCUT2D eigenvalue weighted by Gasteiger charge is 2.31. The van der Waals surface area contributed by atoms with Gasteiger partial charge >= 0.3 is 6.36 Å². The van der Waals surface area contributed by atoms with Gasteiger partial charge in [0.05, 0.1) is 12.3 Å². The second kappa shape index (κ2) is 12.4. The van der Waals surface area contributed by atoms with E-state index < -0.39 is 6.36 Å². The summed E-state index contributed by atoms with van der Waals surface area (Å²) in [6.45, 7) is 6.14. The quantitative estimate of drug-likeness (QED) is 0.407. The van der Waals surface area contributed by atoms with Crippen LogP contribution in [-0.4, -0.2) is 29.7 Å². The van der Waals surface area contributed by atoms with Gasteiger partial charge in [0.1, 0.15) is 5.75 Å². The number of alkyl halides is 3. The zero-order valence-electron chi connectivity index (χ0n) is 20.0. The predicted molar refractivity (Wildman–Crippen MR) is 126 cm³/mol. The molecule has 0 aliphatic carbocycles. The summed E-state index contributed by atoms with van der Waals surface area (Å²) >= 11 is 0. The maximum Gasteiger partial charge on any atom is 0.573 e. The molecule has 1 aliphatic heterocycles. The van der Waals surface area contributed by atoms with Crippen molar-refractivity contribution in [1.82, 2.24) is 10.2 Å². The first-order valence-corrected chi connectivity index (χ1v) is 12.1. The Labute approximate surface area is 199 Å². The molecule has 0 amide bonds. The van der Waals surface area contributed by atoms with Gasteiger partial charge in [0, 0.05) is 30.8 Å². The molecule has 0 fully saturated rings. The highest BCUT2D eigenvalue weighted by molar-refractivity contribution is 5.71. The molecule has 0 radical (unpaired) electrons. The third-order valence-corrected chi connectivity index (χ3v) is 6.28. The van der Waals surface area contributed by atoms with Gasteiger partial charge in [-0.1, -0.05) is 39.5 Å². The van der Waals surface area contributed by atoms with Crippen molar-refractivity contribution < 1.29 is 22.6 Å². The first-order chi connectivity index (χ1) is 16.4. The maximum absolute atomic E-state index is 12.7. The standard InChI is InChI=1S/C25H35F3N4O2/c1-3-5-6-8-17(4-2)15-30-24-22(14-29)21-9-7-12-33-16-18-13-19(34-25(26,27)28)10-11-20(18)23(21)31-32-24/h10-11,13,17H,3-9,12,14-16,29H2,1-2H3,(H,30,32). The molecule has 2 heterocycles. The van der Waals surface area contributed by atoms with Gasteiger partial charge in [-0.05, 0) is 54.5 Å². The fourth-order valence-electron chi connectivity index (χ4n) is 4.38. The number of nitrogens with one attached hydrogen (secondary N) is 1. The Morgan fingerprint density at radius 3 is 2.74 bits per heavy atom. The second-order valence-corrected chi connectivity index (χ2v) is 8.73. The zero-order chi connectivity index (χ0) is 24.6. The van der Waals surface area contributed by atoms with E-state index in [0.717, 1.165) is 30.5 Å². The van der Waals surface area contributed by atoms with Crippen molar-refractivity contribution in [1.29, 1.82) is 0 Å². The Bertz CT molecular complexity index is 937. The molecule has 1 aliphatic rings. The molecule has 1 atom stereocenters. The largest absolute Gasteiger partial charge is 0.573 e. The number of anilines is 1. The summed E-state index contributed by atoms with van der Waals surface area (Å²) in [5.41, 5.74) is 9.94. The van der Waals surface area contributed by atoms with E-state index >= 15 is 0 Å². The summed E-state index contributed by atoms with van der Waals surface area (Å²) in [7, 11) is 0. The van der Waals surface area contributed by atoms with Crippen molar-refractivity contribution >= 4 is 5.82 Å². The van der Waals surface area contributed by atoms with Crippen LogP contribution in [0, 0.1) is 5.92 Å². The Kier molecular flexibility index (Phi) is 9.53. The lowest BCUT2D eigenvalue weighted by Gasteiger charge is -2.20. The first-order valence-electron chi connectivity index (χ1n) is 12.1. The van der Waals surface area contributed by atoms with Crippen LogP contribution in [0.4, 0.5) is 19.0 Å². The fraction of sp³-hybridized carbons (Fsp3) is 0.600. The monoisotopic (exact) mass is 480 g/mol. The highest BCUT2D eigenvalue weighted by atomic mass is 19.4. The normalized spacial score (nSPS) is 14.9. The molecule has 1 aromatic carbocycles. The molecule has 6 nitrogen and oxygen atoms in total. The summed E-state index contributed by atoms with van der Waals surface area (Å²) in [5, 5.41) is 12.4. The van der Waals surface area contributed by atoms with E-state index in [-0.39, 0.29) is 18.9 Å². The number of rotatable bonds is 10. The number of nitrogens with zero attached hydrogens (tertiary/aromatic N) is 2. The molecule has 1 aromatic heterocycles. The third kappa shape index (κ3) is 7.06.